The van der Waals surface area contributed by atoms with Crippen LogP contribution in [0.25, 0.3) is 0 Å². The number of nitrogens with two attached hydrogens (primary N) is 1. The van der Waals surface area contributed by atoms with Crippen LogP contribution in [0.3, 0.4) is 0 Å². The van der Waals surface area contributed by atoms with Crippen LogP contribution in [0.1, 0.15) is 25.7 Å². The molecule has 1 amide bonds. The first-order valence-electron chi connectivity index (χ1n) is 6.83. The van der Waals surface area contributed by atoms with E-state index in [9.17, 15) is 9.59 Å². The van der Waals surface area contributed by atoms with Crippen molar-refractivity contribution >= 4 is 17.6 Å². The topological polar surface area (TPSA) is 110 Å². The largest absolute Gasteiger partial charge is 0.480 e. The Labute approximate surface area is 117 Å². The summed E-state index contributed by atoms with van der Waals surface area (Å²) < 4.78 is 1.28. The van der Waals surface area contributed by atoms with Crippen LogP contribution in [-0.2, 0) is 16.1 Å². The number of aliphatic carboxylic acids is 1. The van der Waals surface area contributed by atoms with E-state index in [-0.39, 0.29) is 18.4 Å². The molecule has 1 aliphatic rings. The first-order valence-corrected chi connectivity index (χ1v) is 6.83. The van der Waals surface area contributed by atoms with Crippen molar-refractivity contribution in [1.82, 2.24) is 9.78 Å². The minimum Gasteiger partial charge on any atom is -0.480 e. The Kier molecular flexibility index (Phi) is 4.73. The summed E-state index contributed by atoms with van der Waals surface area (Å²) in [6, 6.07) is 0. The molecule has 1 aromatic rings. The number of hydrogen-bond donors (Lipinski definition) is 3. The van der Waals surface area contributed by atoms with Crippen LogP contribution in [0.2, 0.25) is 0 Å². The number of hydrogen-bond acceptors (Lipinski definition) is 4. The fourth-order valence-electron chi connectivity index (χ4n) is 2.56. The maximum absolute atomic E-state index is 12.1. The molecule has 1 saturated carbocycles. The predicted molar refractivity (Wildman–Crippen MR) is 73.0 cm³/mol. The van der Waals surface area contributed by atoms with E-state index >= 15 is 0 Å². The maximum Gasteiger partial charge on any atom is 0.325 e. The molecule has 1 aromatic heterocycles. The molecular weight excluding hydrogens is 260 g/mol. The van der Waals surface area contributed by atoms with Gasteiger partial charge in [-0.1, -0.05) is 0 Å². The molecule has 0 spiro atoms. The van der Waals surface area contributed by atoms with Crippen molar-refractivity contribution in [2.45, 2.75) is 32.2 Å². The van der Waals surface area contributed by atoms with Crippen molar-refractivity contribution in [2.24, 2.45) is 17.6 Å². The Morgan fingerprint density at radius 1 is 1.40 bits per heavy atom. The number of rotatable bonds is 5. The SMILES string of the molecule is NCC1CCC(C(=O)Nc2cnn(CC(=O)O)c2)CC1. The fraction of sp³-hybridized carbons (Fsp3) is 0.615. The number of carbonyl (C=O) groups excluding carboxylic acids is 1. The molecule has 7 nitrogen and oxygen atoms in total. The smallest absolute Gasteiger partial charge is 0.325 e. The van der Waals surface area contributed by atoms with E-state index in [0.717, 1.165) is 25.7 Å². The lowest BCUT2D eigenvalue weighted by atomic mass is 9.81. The molecule has 0 saturated heterocycles. The van der Waals surface area contributed by atoms with Gasteiger partial charge in [-0.2, -0.15) is 5.10 Å². The number of carbonyl (C=O) groups is 2. The minimum absolute atomic E-state index is 0.0145. The normalized spacial score (nSPS) is 22.4. The molecule has 0 aromatic carbocycles. The van der Waals surface area contributed by atoms with Crippen LogP contribution in [0, 0.1) is 11.8 Å². The maximum atomic E-state index is 12.1. The van der Waals surface area contributed by atoms with E-state index in [1.54, 1.807) is 0 Å². The number of amides is 1. The van der Waals surface area contributed by atoms with Gasteiger partial charge in [-0.05, 0) is 38.1 Å². The summed E-state index contributed by atoms with van der Waals surface area (Å²) >= 11 is 0. The summed E-state index contributed by atoms with van der Waals surface area (Å²) in [7, 11) is 0. The lowest BCUT2D eigenvalue weighted by Gasteiger charge is -2.26. The second-order valence-corrected chi connectivity index (χ2v) is 5.26. The molecule has 0 bridgehead atoms. The van der Waals surface area contributed by atoms with Gasteiger partial charge in [0.15, 0.2) is 0 Å². The van der Waals surface area contributed by atoms with Gasteiger partial charge in [0, 0.05) is 12.1 Å². The molecule has 7 heteroatoms. The standard InChI is InChI=1S/C13H20N4O3/c14-5-9-1-3-10(4-2-9)13(20)16-11-6-15-17(7-11)8-12(18)19/h6-7,9-10H,1-5,8,14H2,(H,16,20)(H,18,19). The summed E-state index contributed by atoms with van der Waals surface area (Å²) in [5, 5.41) is 15.3. The lowest BCUT2D eigenvalue weighted by molar-refractivity contribution is -0.137. The average molecular weight is 280 g/mol. The summed E-state index contributed by atoms with van der Waals surface area (Å²) in [6.07, 6.45) is 6.69. The molecule has 1 fully saturated rings. The molecule has 4 N–H and O–H groups in total. The number of nitrogens with one attached hydrogen (secondary N) is 1. The Bertz CT molecular complexity index is 478. The summed E-state index contributed by atoms with van der Waals surface area (Å²) in [4.78, 5) is 22.6. The lowest BCUT2D eigenvalue weighted by Crippen LogP contribution is -2.29. The van der Waals surface area contributed by atoms with Gasteiger partial charge < -0.3 is 16.2 Å². The number of anilines is 1. The van der Waals surface area contributed by atoms with Crippen LogP contribution in [0.4, 0.5) is 5.69 Å². The number of carboxylic acid groups (broad SMARTS) is 1. The molecule has 110 valence electrons. The highest BCUT2D eigenvalue weighted by molar-refractivity contribution is 5.92. The fourth-order valence-corrected chi connectivity index (χ4v) is 2.56. The Balaban J connectivity index is 1.85. The van der Waals surface area contributed by atoms with Gasteiger partial charge >= 0.3 is 5.97 Å². The van der Waals surface area contributed by atoms with Gasteiger partial charge in [0.1, 0.15) is 6.54 Å². The molecule has 1 aliphatic carbocycles. The van der Waals surface area contributed by atoms with Crippen LogP contribution < -0.4 is 11.1 Å². The van der Waals surface area contributed by atoms with Crippen LogP contribution >= 0.6 is 0 Å². The van der Waals surface area contributed by atoms with Crippen LogP contribution in [0.5, 0.6) is 0 Å². The zero-order valence-electron chi connectivity index (χ0n) is 11.3. The van der Waals surface area contributed by atoms with Gasteiger partial charge in [0.25, 0.3) is 0 Å². The van der Waals surface area contributed by atoms with Crippen molar-refractivity contribution in [3.05, 3.63) is 12.4 Å². The van der Waals surface area contributed by atoms with Gasteiger partial charge in [-0.3, -0.25) is 14.3 Å². The third-order valence-corrected chi connectivity index (χ3v) is 3.75. The van der Waals surface area contributed by atoms with E-state index in [0.29, 0.717) is 18.2 Å². The molecule has 20 heavy (non-hydrogen) atoms. The second kappa shape index (κ2) is 6.51. The van der Waals surface area contributed by atoms with Gasteiger partial charge in [0.2, 0.25) is 5.91 Å². The third-order valence-electron chi connectivity index (χ3n) is 3.75. The molecule has 2 rings (SSSR count). The van der Waals surface area contributed by atoms with E-state index in [4.69, 9.17) is 10.8 Å². The zero-order chi connectivity index (χ0) is 14.5. The van der Waals surface area contributed by atoms with Crippen LogP contribution in [-0.4, -0.2) is 33.3 Å². The van der Waals surface area contributed by atoms with E-state index in [2.05, 4.69) is 10.4 Å². The first-order chi connectivity index (χ1) is 9.58. The van der Waals surface area contributed by atoms with E-state index in [1.165, 1.54) is 17.1 Å². The van der Waals surface area contributed by atoms with E-state index in [1.807, 2.05) is 0 Å². The van der Waals surface area contributed by atoms with Gasteiger partial charge in [0.05, 0.1) is 11.9 Å². The van der Waals surface area contributed by atoms with E-state index < -0.39 is 5.97 Å². The monoisotopic (exact) mass is 280 g/mol. The molecule has 0 radical (unpaired) electrons. The Hall–Kier alpha value is -1.89. The van der Waals surface area contributed by atoms with Crippen molar-refractivity contribution in [2.75, 3.05) is 11.9 Å². The summed E-state index contributed by atoms with van der Waals surface area (Å²) in [5.41, 5.74) is 6.17. The molecule has 0 unspecified atom stereocenters. The highest BCUT2D eigenvalue weighted by atomic mass is 16.4. The highest BCUT2D eigenvalue weighted by Gasteiger charge is 2.25. The number of nitrogens with zero attached hydrogens (tertiary/aromatic N) is 2. The average Bonchev–Trinajstić information content (AvgIpc) is 2.85. The summed E-state index contributed by atoms with van der Waals surface area (Å²) in [6.45, 7) is 0.480. The molecule has 1 heterocycles. The molecule has 0 aliphatic heterocycles. The third kappa shape index (κ3) is 3.80. The number of aromatic nitrogens is 2. The van der Waals surface area contributed by atoms with Crippen molar-refractivity contribution in [3.63, 3.8) is 0 Å². The predicted octanol–water partition coefficient (Wildman–Crippen LogP) is 0.671. The Morgan fingerprint density at radius 3 is 2.70 bits per heavy atom. The molecular formula is C13H20N4O3. The van der Waals surface area contributed by atoms with Gasteiger partial charge in [-0.15, -0.1) is 0 Å². The second-order valence-electron chi connectivity index (χ2n) is 5.26. The zero-order valence-corrected chi connectivity index (χ0v) is 11.3. The van der Waals surface area contributed by atoms with Crippen molar-refractivity contribution in [1.29, 1.82) is 0 Å². The van der Waals surface area contributed by atoms with Crippen molar-refractivity contribution < 1.29 is 14.7 Å². The molecule has 0 atom stereocenters. The highest BCUT2D eigenvalue weighted by Crippen LogP contribution is 2.28. The Morgan fingerprint density at radius 2 is 2.10 bits per heavy atom. The van der Waals surface area contributed by atoms with Crippen molar-refractivity contribution in [3.8, 4) is 0 Å². The minimum atomic E-state index is -0.967. The quantitative estimate of drug-likeness (QED) is 0.734. The first kappa shape index (κ1) is 14.5. The van der Waals surface area contributed by atoms with Crippen LogP contribution in [0.15, 0.2) is 12.4 Å². The number of carboxylic acids is 1. The summed E-state index contributed by atoms with van der Waals surface area (Å²) in [5.74, 6) is -0.431. The van der Waals surface area contributed by atoms with Gasteiger partial charge in [-0.25, -0.2) is 0 Å².